The number of aromatic nitrogens is 1. The molecule has 0 N–H and O–H groups in total. The van der Waals surface area contributed by atoms with Crippen molar-refractivity contribution in [2.45, 2.75) is 18.7 Å². The van der Waals surface area contributed by atoms with Gasteiger partial charge in [0.2, 0.25) is 0 Å². The molecule has 0 bridgehead atoms. The summed E-state index contributed by atoms with van der Waals surface area (Å²) in [6.07, 6.45) is 3.74. The van der Waals surface area contributed by atoms with Gasteiger partial charge in [-0.3, -0.25) is 3.97 Å². The molecule has 0 aliphatic heterocycles. The van der Waals surface area contributed by atoms with Gasteiger partial charge >= 0.3 is 5.97 Å². The molecule has 1 aromatic heterocycles. The molecule has 0 spiro atoms. The number of benzene rings is 1. The van der Waals surface area contributed by atoms with Crippen molar-refractivity contribution >= 4 is 17.9 Å². The van der Waals surface area contributed by atoms with Crippen molar-refractivity contribution in [1.29, 1.82) is 0 Å². The molecule has 0 atom stereocenters. The molecule has 0 fully saturated rings. The summed E-state index contributed by atoms with van der Waals surface area (Å²) in [6, 6.07) is 10.0. The number of hydrogen-bond donors (Lipinski definition) is 0. The average Bonchev–Trinajstić information content (AvgIpc) is 2.72. The number of rotatable bonds is 4. The second kappa shape index (κ2) is 5.78. The van der Waals surface area contributed by atoms with Gasteiger partial charge in [-0.15, -0.1) is 0 Å². The second-order valence-electron chi connectivity index (χ2n) is 3.84. The molecule has 1 heterocycles. The summed E-state index contributed by atoms with van der Waals surface area (Å²) in [6.45, 7) is 4.12. The maximum absolute atomic E-state index is 11.7. The molecular weight excluding hydrogens is 246 g/mol. The summed E-state index contributed by atoms with van der Waals surface area (Å²) in [5.41, 5.74) is 1.55. The van der Waals surface area contributed by atoms with Gasteiger partial charge in [-0.2, -0.15) is 0 Å². The molecule has 1 aromatic carbocycles. The van der Waals surface area contributed by atoms with Crippen LogP contribution < -0.4 is 0 Å². The minimum absolute atomic E-state index is 0.262. The Labute approximate surface area is 111 Å². The zero-order valence-corrected chi connectivity index (χ0v) is 11.2. The Morgan fingerprint density at radius 2 is 2.00 bits per heavy atom. The summed E-state index contributed by atoms with van der Waals surface area (Å²) >= 11 is 1.57. The molecule has 2 aromatic rings. The Kier molecular flexibility index (Phi) is 4.10. The van der Waals surface area contributed by atoms with Gasteiger partial charge in [0, 0.05) is 17.3 Å². The number of nitrogens with zero attached hydrogens (tertiary/aromatic N) is 1. The first-order valence-electron chi connectivity index (χ1n) is 5.80. The van der Waals surface area contributed by atoms with Gasteiger partial charge in [0.1, 0.15) is 0 Å². The summed E-state index contributed by atoms with van der Waals surface area (Å²) in [5, 5.41) is 0. The third-order valence-electron chi connectivity index (χ3n) is 2.45. The van der Waals surface area contributed by atoms with E-state index in [0.29, 0.717) is 12.2 Å². The maximum Gasteiger partial charge on any atom is 0.339 e. The van der Waals surface area contributed by atoms with Crippen LogP contribution in [0.3, 0.4) is 0 Å². The Hall–Kier alpha value is -1.68. The van der Waals surface area contributed by atoms with Gasteiger partial charge in [-0.25, -0.2) is 4.79 Å². The van der Waals surface area contributed by atoms with Crippen molar-refractivity contribution in [3.05, 3.63) is 53.9 Å². The largest absolute Gasteiger partial charge is 0.462 e. The minimum Gasteiger partial charge on any atom is -0.462 e. The smallest absolute Gasteiger partial charge is 0.339 e. The molecule has 0 aliphatic rings. The van der Waals surface area contributed by atoms with Crippen LogP contribution in [0.1, 0.15) is 22.8 Å². The van der Waals surface area contributed by atoms with Crippen LogP contribution in [0.4, 0.5) is 0 Å². The molecule has 0 saturated carbocycles. The maximum atomic E-state index is 11.7. The molecule has 0 saturated heterocycles. The van der Waals surface area contributed by atoms with Gasteiger partial charge < -0.3 is 4.74 Å². The van der Waals surface area contributed by atoms with Crippen molar-refractivity contribution in [3.63, 3.8) is 0 Å². The first-order valence-corrected chi connectivity index (χ1v) is 6.57. The lowest BCUT2D eigenvalue weighted by Gasteiger charge is -2.01. The number of esters is 1. The Morgan fingerprint density at radius 1 is 1.28 bits per heavy atom. The summed E-state index contributed by atoms with van der Waals surface area (Å²) in [5.74, 6) is -0.262. The highest BCUT2D eigenvalue weighted by Gasteiger charge is 2.13. The predicted octanol–water partition coefficient (Wildman–Crippen LogP) is 3.53. The lowest BCUT2D eigenvalue weighted by Crippen LogP contribution is -2.04. The molecule has 94 valence electrons. The number of ether oxygens (including phenoxy) is 1. The second-order valence-corrected chi connectivity index (χ2v) is 4.92. The van der Waals surface area contributed by atoms with Crippen LogP contribution in [0.5, 0.6) is 0 Å². The highest BCUT2D eigenvalue weighted by Crippen LogP contribution is 2.23. The van der Waals surface area contributed by atoms with E-state index in [4.69, 9.17) is 4.74 Å². The van der Waals surface area contributed by atoms with E-state index in [1.165, 1.54) is 0 Å². The summed E-state index contributed by atoms with van der Waals surface area (Å²) in [4.78, 5) is 12.8. The average molecular weight is 261 g/mol. The summed E-state index contributed by atoms with van der Waals surface area (Å²) < 4.78 is 6.94. The molecule has 4 heteroatoms. The zero-order valence-electron chi connectivity index (χ0n) is 10.4. The van der Waals surface area contributed by atoms with Crippen molar-refractivity contribution in [2.75, 3.05) is 6.61 Å². The Morgan fingerprint density at radius 3 is 2.67 bits per heavy atom. The van der Waals surface area contributed by atoms with Gasteiger partial charge in [0.15, 0.2) is 0 Å². The van der Waals surface area contributed by atoms with Crippen LogP contribution in [0, 0.1) is 6.92 Å². The van der Waals surface area contributed by atoms with E-state index in [1.807, 2.05) is 60.5 Å². The third-order valence-corrected chi connectivity index (χ3v) is 3.36. The van der Waals surface area contributed by atoms with Crippen LogP contribution in [0.15, 0.2) is 47.6 Å². The molecule has 0 radical (unpaired) electrons. The molecule has 0 aliphatic carbocycles. The first-order chi connectivity index (χ1) is 8.70. The fourth-order valence-electron chi connectivity index (χ4n) is 1.61. The lowest BCUT2D eigenvalue weighted by molar-refractivity contribution is 0.0526. The molecule has 0 amide bonds. The van der Waals surface area contributed by atoms with Crippen LogP contribution in [-0.4, -0.2) is 16.5 Å². The first kappa shape index (κ1) is 12.8. The van der Waals surface area contributed by atoms with E-state index in [1.54, 1.807) is 11.9 Å². The van der Waals surface area contributed by atoms with Crippen molar-refractivity contribution in [2.24, 2.45) is 0 Å². The van der Waals surface area contributed by atoms with Gasteiger partial charge in [0.25, 0.3) is 0 Å². The third kappa shape index (κ3) is 2.96. The van der Waals surface area contributed by atoms with Gasteiger partial charge in [-0.1, -0.05) is 18.2 Å². The van der Waals surface area contributed by atoms with E-state index in [0.717, 1.165) is 10.5 Å². The number of carbonyl (C=O) groups excluding carboxylic acids is 1. The van der Waals surface area contributed by atoms with E-state index >= 15 is 0 Å². The number of aryl methyl sites for hydroxylation is 1. The molecule has 0 unspecified atom stereocenters. The fraction of sp³-hybridized carbons (Fsp3) is 0.214. The van der Waals surface area contributed by atoms with Crippen molar-refractivity contribution < 1.29 is 9.53 Å². The molecular formula is C14H15NO2S. The van der Waals surface area contributed by atoms with Crippen LogP contribution in [0.25, 0.3) is 0 Å². The predicted molar refractivity (Wildman–Crippen MR) is 72.8 cm³/mol. The molecule has 18 heavy (non-hydrogen) atoms. The lowest BCUT2D eigenvalue weighted by atomic mass is 10.2. The van der Waals surface area contributed by atoms with E-state index in [2.05, 4.69) is 0 Å². The Balaban J connectivity index is 2.16. The zero-order chi connectivity index (χ0) is 13.0. The molecule has 2 rings (SSSR count). The minimum atomic E-state index is -0.262. The normalized spacial score (nSPS) is 10.3. The van der Waals surface area contributed by atoms with Crippen LogP contribution in [-0.2, 0) is 4.74 Å². The topological polar surface area (TPSA) is 31.2 Å². The standard InChI is InChI=1S/C14H15NO2S/c1-3-17-14(16)13-10-15(9-11(13)2)18-12-7-5-4-6-8-12/h4-10H,3H2,1-2H3. The fourth-order valence-corrected chi connectivity index (χ4v) is 2.50. The summed E-state index contributed by atoms with van der Waals surface area (Å²) in [7, 11) is 0. The highest BCUT2D eigenvalue weighted by atomic mass is 32.2. The van der Waals surface area contributed by atoms with Gasteiger partial charge in [-0.05, 0) is 43.5 Å². The highest BCUT2D eigenvalue weighted by molar-refractivity contribution is 7.97. The Bertz CT molecular complexity index is 534. The number of hydrogen-bond acceptors (Lipinski definition) is 3. The van der Waals surface area contributed by atoms with Crippen molar-refractivity contribution in [3.8, 4) is 0 Å². The van der Waals surface area contributed by atoms with E-state index in [-0.39, 0.29) is 5.97 Å². The van der Waals surface area contributed by atoms with E-state index < -0.39 is 0 Å². The van der Waals surface area contributed by atoms with Crippen LogP contribution in [0.2, 0.25) is 0 Å². The SMILES string of the molecule is CCOC(=O)c1cn(Sc2ccccc2)cc1C. The van der Waals surface area contributed by atoms with E-state index in [9.17, 15) is 4.79 Å². The quantitative estimate of drug-likeness (QED) is 0.789. The monoisotopic (exact) mass is 261 g/mol. The number of carbonyl (C=O) groups is 1. The van der Waals surface area contributed by atoms with Crippen molar-refractivity contribution in [1.82, 2.24) is 3.97 Å². The molecule has 3 nitrogen and oxygen atoms in total. The van der Waals surface area contributed by atoms with Gasteiger partial charge in [0.05, 0.1) is 12.2 Å². The van der Waals surface area contributed by atoms with Crippen LogP contribution >= 0.6 is 11.9 Å².